The maximum absolute atomic E-state index is 12.4. The zero-order chi connectivity index (χ0) is 15.6. The Morgan fingerprint density at radius 2 is 2.00 bits per heavy atom. The maximum atomic E-state index is 12.4. The van der Waals surface area contributed by atoms with Crippen LogP contribution < -0.4 is 0 Å². The summed E-state index contributed by atoms with van der Waals surface area (Å²) in [5.41, 5.74) is 0. The van der Waals surface area contributed by atoms with E-state index in [1.165, 1.54) is 28.5 Å². The third-order valence-electron chi connectivity index (χ3n) is 3.48. The van der Waals surface area contributed by atoms with Crippen molar-refractivity contribution in [3.05, 3.63) is 12.4 Å². The van der Waals surface area contributed by atoms with Gasteiger partial charge < -0.3 is 10.0 Å². The predicted molar refractivity (Wildman–Crippen MR) is 74.9 cm³/mol. The van der Waals surface area contributed by atoms with Crippen molar-refractivity contribution in [2.45, 2.75) is 31.4 Å². The Bertz CT molecular complexity index is 603. The van der Waals surface area contributed by atoms with Crippen molar-refractivity contribution in [3.63, 3.8) is 0 Å². The lowest BCUT2D eigenvalue weighted by atomic mass is 10.3. The molecule has 0 saturated carbocycles. The van der Waals surface area contributed by atoms with E-state index in [0.29, 0.717) is 6.54 Å². The van der Waals surface area contributed by atoms with E-state index in [-0.39, 0.29) is 37.0 Å². The molecule has 1 aromatic rings. The van der Waals surface area contributed by atoms with Gasteiger partial charge in [0.25, 0.3) is 5.91 Å². The molecular weight excluding hydrogens is 296 g/mol. The number of piperazine rings is 1. The molecule has 21 heavy (non-hydrogen) atoms. The highest BCUT2D eigenvalue weighted by Gasteiger charge is 2.31. The Morgan fingerprint density at radius 1 is 1.38 bits per heavy atom. The number of hydrogen-bond acceptors (Lipinski definition) is 5. The van der Waals surface area contributed by atoms with Gasteiger partial charge in [0.2, 0.25) is 10.0 Å². The van der Waals surface area contributed by atoms with E-state index in [9.17, 15) is 18.3 Å². The highest BCUT2D eigenvalue weighted by atomic mass is 32.2. The van der Waals surface area contributed by atoms with Gasteiger partial charge in [0, 0.05) is 38.9 Å². The van der Waals surface area contributed by atoms with Crippen LogP contribution in [-0.4, -0.2) is 70.7 Å². The first-order valence-electron chi connectivity index (χ1n) is 6.85. The van der Waals surface area contributed by atoms with E-state index in [1.54, 1.807) is 4.68 Å². The summed E-state index contributed by atoms with van der Waals surface area (Å²) < 4.78 is 27.8. The standard InChI is InChI=1S/C12H20N4O4S/c1-3-15-9-11(8-13-15)21(19,20)16-6-4-14(5-7-16)12(18)10(2)17/h8-10,17H,3-7H2,1-2H3. The molecule has 1 aliphatic rings. The summed E-state index contributed by atoms with van der Waals surface area (Å²) in [6, 6.07) is 0. The molecule has 1 aromatic heterocycles. The molecule has 0 bridgehead atoms. The monoisotopic (exact) mass is 316 g/mol. The van der Waals surface area contributed by atoms with Gasteiger partial charge in [-0.3, -0.25) is 9.48 Å². The predicted octanol–water partition coefficient (Wildman–Crippen LogP) is -0.883. The van der Waals surface area contributed by atoms with Crippen LogP contribution in [0.25, 0.3) is 0 Å². The Balaban J connectivity index is 2.06. The molecule has 1 N–H and O–H groups in total. The van der Waals surface area contributed by atoms with E-state index in [4.69, 9.17) is 0 Å². The fourth-order valence-electron chi connectivity index (χ4n) is 2.21. The molecule has 1 saturated heterocycles. The van der Waals surface area contributed by atoms with Crippen molar-refractivity contribution in [2.75, 3.05) is 26.2 Å². The summed E-state index contributed by atoms with van der Waals surface area (Å²) in [4.78, 5) is 13.3. The van der Waals surface area contributed by atoms with Crippen LogP contribution in [0.3, 0.4) is 0 Å². The van der Waals surface area contributed by atoms with Crippen LogP contribution in [-0.2, 0) is 21.4 Å². The van der Waals surface area contributed by atoms with Gasteiger partial charge in [-0.2, -0.15) is 9.40 Å². The molecule has 9 heteroatoms. The zero-order valence-corrected chi connectivity index (χ0v) is 13.0. The Labute approximate surface area is 124 Å². The minimum Gasteiger partial charge on any atom is -0.384 e. The van der Waals surface area contributed by atoms with Crippen LogP contribution >= 0.6 is 0 Å². The number of aryl methyl sites for hydroxylation is 1. The molecule has 1 amide bonds. The van der Waals surface area contributed by atoms with Gasteiger partial charge in [-0.05, 0) is 13.8 Å². The van der Waals surface area contributed by atoms with Crippen molar-refractivity contribution >= 4 is 15.9 Å². The fourth-order valence-corrected chi connectivity index (χ4v) is 3.59. The number of rotatable bonds is 4. The summed E-state index contributed by atoms with van der Waals surface area (Å²) in [5, 5.41) is 13.2. The van der Waals surface area contributed by atoms with E-state index >= 15 is 0 Å². The first-order chi connectivity index (χ1) is 9.86. The number of sulfonamides is 1. The van der Waals surface area contributed by atoms with Crippen LogP contribution in [0.5, 0.6) is 0 Å². The minimum absolute atomic E-state index is 0.166. The van der Waals surface area contributed by atoms with Gasteiger partial charge in [0.15, 0.2) is 0 Å². The quantitative estimate of drug-likeness (QED) is 0.778. The zero-order valence-electron chi connectivity index (χ0n) is 12.1. The average Bonchev–Trinajstić information content (AvgIpc) is 2.96. The second-order valence-corrected chi connectivity index (χ2v) is 6.88. The van der Waals surface area contributed by atoms with Gasteiger partial charge in [-0.1, -0.05) is 0 Å². The minimum atomic E-state index is -3.57. The van der Waals surface area contributed by atoms with E-state index in [2.05, 4.69) is 5.10 Å². The van der Waals surface area contributed by atoms with Gasteiger partial charge in [-0.25, -0.2) is 8.42 Å². The third kappa shape index (κ3) is 3.25. The van der Waals surface area contributed by atoms with Crippen LogP contribution in [0.4, 0.5) is 0 Å². The largest absolute Gasteiger partial charge is 0.384 e. The normalized spacial score (nSPS) is 18.7. The SMILES string of the molecule is CCn1cc(S(=O)(=O)N2CCN(C(=O)C(C)O)CC2)cn1. The van der Waals surface area contributed by atoms with Crippen molar-refractivity contribution in [1.29, 1.82) is 0 Å². The van der Waals surface area contributed by atoms with Crippen LogP contribution in [0.2, 0.25) is 0 Å². The summed E-state index contributed by atoms with van der Waals surface area (Å²) in [6.45, 7) is 4.90. The molecule has 0 aliphatic carbocycles. The molecule has 1 unspecified atom stereocenters. The van der Waals surface area contributed by atoms with Gasteiger partial charge in [0.05, 0.1) is 6.20 Å². The third-order valence-corrected chi connectivity index (χ3v) is 5.33. The summed E-state index contributed by atoms with van der Waals surface area (Å²) in [5.74, 6) is -0.370. The average molecular weight is 316 g/mol. The van der Waals surface area contributed by atoms with Crippen LogP contribution in [0, 0.1) is 0 Å². The highest BCUT2D eigenvalue weighted by molar-refractivity contribution is 7.89. The van der Waals surface area contributed by atoms with Crippen LogP contribution in [0.1, 0.15) is 13.8 Å². The number of aliphatic hydroxyl groups excluding tert-OH is 1. The molecule has 2 rings (SSSR count). The summed E-state index contributed by atoms with van der Waals surface area (Å²) >= 11 is 0. The molecule has 2 heterocycles. The number of aromatic nitrogens is 2. The summed E-state index contributed by atoms with van der Waals surface area (Å²) in [7, 11) is -3.57. The maximum Gasteiger partial charge on any atom is 0.251 e. The lowest BCUT2D eigenvalue weighted by Crippen LogP contribution is -2.52. The van der Waals surface area contributed by atoms with Gasteiger partial charge in [0.1, 0.15) is 11.0 Å². The number of amides is 1. The van der Waals surface area contributed by atoms with Crippen LogP contribution in [0.15, 0.2) is 17.3 Å². The number of hydrogen-bond donors (Lipinski definition) is 1. The molecule has 1 atom stereocenters. The topological polar surface area (TPSA) is 95.7 Å². The molecule has 8 nitrogen and oxygen atoms in total. The molecule has 0 radical (unpaired) electrons. The smallest absolute Gasteiger partial charge is 0.251 e. The second kappa shape index (κ2) is 6.12. The molecule has 1 fully saturated rings. The Kier molecular flexibility index (Phi) is 4.64. The molecular formula is C12H20N4O4S. The number of aliphatic hydroxyl groups is 1. The van der Waals surface area contributed by atoms with Crippen molar-refractivity contribution in [2.24, 2.45) is 0 Å². The van der Waals surface area contributed by atoms with Gasteiger partial charge in [-0.15, -0.1) is 0 Å². The first-order valence-corrected chi connectivity index (χ1v) is 8.29. The van der Waals surface area contributed by atoms with E-state index in [0.717, 1.165) is 0 Å². The second-order valence-electron chi connectivity index (χ2n) is 4.94. The molecule has 0 spiro atoms. The molecule has 0 aromatic carbocycles. The molecule has 1 aliphatic heterocycles. The van der Waals surface area contributed by atoms with Gasteiger partial charge >= 0.3 is 0 Å². The number of carbonyl (C=O) groups is 1. The lowest BCUT2D eigenvalue weighted by Gasteiger charge is -2.34. The van der Waals surface area contributed by atoms with Crippen molar-refractivity contribution in [1.82, 2.24) is 19.0 Å². The fraction of sp³-hybridized carbons (Fsp3) is 0.667. The number of carbonyl (C=O) groups excluding carboxylic acids is 1. The Morgan fingerprint density at radius 3 is 2.48 bits per heavy atom. The first kappa shape index (κ1) is 15.9. The lowest BCUT2D eigenvalue weighted by molar-refractivity contribution is -0.140. The van der Waals surface area contributed by atoms with E-state index in [1.807, 2.05) is 6.92 Å². The number of nitrogens with zero attached hydrogens (tertiary/aromatic N) is 4. The van der Waals surface area contributed by atoms with Crippen molar-refractivity contribution in [3.8, 4) is 0 Å². The summed E-state index contributed by atoms with van der Waals surface area (Å²) in [6.07, 6.45) is 1.78. The Hall–Kier alpha value is -1.45. The van der Waals surface area contributed by atoms with Crippen molar-refractivity contribution < 1.29 is 18.3 Å². The highest BCUT2D eigenvalue weighted by Crippen LogP contribution is 2.17. The van der Waals surface area contributed by atoms with E-state index < -0.39 is 16.1 Å². The molecule has 118 valence electrons.